The number of amides is 1. The predicted molar refractivity (Wildman–Crippen MR) is 99.1 cm³/mol. The molecule has 6 heteroatoms. The first-order valence-electron chi connectivity index (χ1n) is 7.41. The Morgan fingerprint density at radius 1 is 1.08 bits per heavy atom. The minimum Gasteiger partial charge on any atom is -0.461 e. The second-order valence-electron chi connectivity index (χ2n) is 5.02. The van der Waals surface area contributed by atoms with Crippen LogP contribution in [0.5, 0.6) is 0 Å². The summed E-state index contributed by atoms with van der Waals surface area (Å²) in [6.07, 6.45) is 2.16. The van der Waals surface area contributed by atoms with Crippen molar-refractivity contribution in [3.05, 3.63) is 64.1 Å². The minimum atomic E-state index is -0.333. The third-order valence-corrected chi connectivity index (χ3v) is 4.55. The van der Waals surface area contributed by atoms with E-state index in [-0.39, 0.29) is 31.4 Å². The largest absolute Gasteiger partial charge is 0.461 e. The molecule has 2 rings (SSSR count). The Kier molecular flexibility index (Phi) is 7.34. The van der Waals surface area contributed by atoms with Gasteiger partial charge in [0.05, 0.1) is 6.42 Å². The lowest BCUT2D eigenvalue weighted by Gasteiger charge is -2.07. The van der Waals surface area contributed by atoms with Crippen molar-refractivity contribution in [1.82, 2.24) is 5.32 Å². The van der Waals surface area contributed by atoms with E-state index in [1.807, 2.05) is 30.5 Å². The average molecular weight is 408 g/mol. The van der Waals surface area contributed by atoms with E-state index >= 15 is 0 Å². The first-order valence-corrected chi connectivity index (χ1v) is 9.42. The van der Waals surface area contributed by atoms with Gasteiger partial charge in [0, 0.05) is 21.5 Å². The van der Waals surface area contributed by atoms with Crippen molar-refractivity contribution in [3.8, 4) is 0 Å². The van der Waals surface area contributed by atoms with Gasteiger partial charge in [-0.1, -0.05) is 28.1 Å². The molecule has 1 amide bonds. The van der Waals surface area contributed by atoms with Crippen LogP contribution in [0.15, 0.2) is 57.9 Å². The van der Waals surface area contributed by atoms with E-state index < -0.39 is 0 Å². The van der Waals surface area contributed by atoms with Crippen LogP contribution >= 0.6 is 27.7 Å². The fourth-order valence-electron chi connectivity index (χ4n) is 1.94. The van der Waals surface area contributed by atoms with E-state index in [4.69, 9.17) is 4.74 Å². The molecule has 2 aromatic carbocycles. The third kappa shape index (κ3) is 6.02. The van der Waals surface area contributed by atoms with E-state index in [1.54, 1.807) is 36.0 Å². The second-order valence-corrected chi connectivity index (χ2v) is 6.82. The molecule has 0 spiro atoms. The highest BCUT2D eigenvalue weighted by Gasteiger charge is 2.07. The summed E-state index contributed by atoms with van der Waals surface area (Å²) in [5.74, 6) is -0.539. The number of rotatable bonds is 7. The zero-order valence-corrected chi connectivity index (χ0v) is 15.7. The summed E-state index contributed by atoms with van der Waals surface area (Å²) in [4.78, 5) is 24.8. The standard InChI is InChI=1S/C18H18BrNO3S/c1-24-16-8-2-13(3-9-16)12-23-17(21)10-11-20-18(22)14-4-6-15(19)7-5-14/h2-9H,10-12H2,1H3,(H,20,22). The van der Waals surface area contributed by atoms with Crippen molar-refractivity contribution < 1.29 is 14.3 Å². The molecule has 0 fully saturated rings. The lowest BCUT2D eigenvalue weighted by atomic mass is 10.2. The summed E-state index contributed by atoms with van der Waals surface area (Å²) in [5, 5.41) is 2.70. The topological polar surface area (TPSA) is 55.4 Å². The number of carbonyl (C=O) groups is 2. The summed E-state index contributed by atoms with van der Waals surface area (Å²) in [6.45, 7) is 0.493. The first kappa shape index (κ1) is 18.5. The Morgan fingerprint density at radius 3 is 2.38 bits per heavy atom. The van der Waals surface area contributed by atoms with Gasteiger partial charge in [0.1, 0.15) is 6.61 Å². The summed E-state index contributed by atoms with van der Waals surface area (Å²) in [5.41, 5.74) is 1.50. The molecule has 0 saturated heterocycles. The third-order valence-electron chi connectivity index (χ3n) is 3.28. The predicted octanol–water partition coefficient (Wildman–Crippen LogP) is 4.03. The highest BCUT2D eigenvalue weighted by atomic mass is 79.9. The molecule has 0 heterocycles. The number of nitrogens with one attached hydrogen (secondary N) is 1. The number of esters is 1. The zero-order chi connectivity index (χ0) is 17.4. The molecule has 1 N–H and O–H groups in total. The molecule has 126 valence electrons. The van der Waals surface area contributed by atoms with Crippen LogP contribution in [0.1, 0.15) is 22.3 Å². The molecule has 0 bridgehead atoms. The lowest BCUT2D eigenvalue weighted by Crippen LogP contribution is -2.26. The second kappa shape index (κ2) is 9.49. The van der Waals surface area contributed by atoms with Crippen LogP contribution in [-0.2, 0) is 16.1 Å². The summed E-state index contributed by atoms with van der Waals surface area (Å²) >= 11 is 4.98. The van der Waals surface area contributed by atoms with Crippen LogP contribution in [0.25, 0.3) is 0 Å². The number of benzene rings is 2. The zero-order valence-electron chi connectivity index (χ0n) is 13.3. The van der Waals surface area contributed by atoms with Crippen molar-refractivity contribution in [2.24, 2.45) is 0 Å². The van der Waals surface area contributed by atoms with E-state index in [9.17, 15) is 9.59 Å². The van der Waals surface area contributed by atoms with E-state index in [1.165, 1.54) is 4.90 Å². The number of carbonyl (C=O) groups excluding carboxylic acids is 2. The molecule has 24 heavy (non-hydrogen) atoms. The Balaban J connectivity index is 1.69. The van der Waals surface area contributed by atoms with Crippen molar-refractivity contribution in [2.75, 3.05) is 12.8 Å². The maximum atomic E-state index is 11.9. The number of hydrogen-bond acceptors (Lipinski definition) is 4. The van der Waals surface area contributed by atoms with Gasteiger partial charge in [-0.3, -0.25) is 9.59 Å². The number of hydrogen-bond donors (Lipinski definition) is 1. The molecular weight excluding hydrogens is 390 g/mol. The first-order chi connectivity index (χ1) is 11.6. The van der Waals surface area contributed by atoms with Gasteiger partial charge < -0.3 is 10.1 Å². The van der Waals surface area contributed by atoms with E-state index in [0.29, 0.717) is 5.56 Å². The SMILES string of the molecule is CSc1ccc(COC(=O)CCNC(=O)c2ccc(Br)cc2)cc1. The van der Waals surface area contributed by atoms with Crippen LogP contribution in [0.2, 0.25) is 0 Å². The van der Waals surface area contributed by atoms with Gasteiger partial charge in [-0.25, -0.2) is 0 Å². The van der Waals surface area contributed by atoms with Crippen molar-refractivity contribution in [2.45, 2.75) is 17.9 Å². The molecular formula is C18H18BrNO3S. The molecule has 0 unspecified atom stereocenters. The average Bonchev–Trinajstić information content (AvgIpc) is 2.61. The number of ether oxygens (including phenoxy) is 1. The Hall–Kier alpha value is -1.79. The molecule has 4 nitrogen and oxygen atoms in total. The van der Waals surface area contributed by atoms with Gasteiger partial charge >= 0.3 is 5.97 Å². The molecule has 0 saturated carbocycles. The Morgan fingerprint density at radius 2 is 1.75 bits per heavy atom. The van der Waals surface area contributed by atoms with Crippen LogP contribution in [0.4, 0.5) is 0 Å². The maximum absolute atomic E-state index is 11.9. The molecule has 0 aliphatic heterocycles. The molecule has 0 atom stereocenters. The van der Waals surface area contributed by atoms with Crippen LogP contribution in [-0.4, -0.2) is 24.7 Å². The van der Waals surface area contributed by atoms with Gasteiger partial charge in [0.25, 0.3) is 5.91 Å². The van der Waals surface area contributed by atoms with Crippen molar-refractivity contribution in [1.29, 1.82) is 0 Å². The maximum Gasteiger partial charge on any atom is 0.307 e. The fourth-order valence-corrected chi connectivity index (χ4v) is 2.61. The molecule has 0 aliphatic carbocycles. The lowest BCUT2D eigenvalue weighted by molar-refractivity contribution is -0.144. The summed E-state index contributed by atoms with van der Waals surface area (Å²) in [6, 6.07) is 14.9. The molecule has 0 aliphatic rings. The molecule has 0 radical (unpaired) electrons. The summed E-state index contributed by atoms with van der Waals surface area (Å²) in [7, 11) is 0. The van der Waals surface area contributed by atoms with Gasteiger partial charge in [-0.05, 0) is 48.2 Å². The van der Waals surface area contributed by atoms with Crippen LogP contribution in [0, 0.1) is 0 Å². The van der Waals surface area contributed by atoms with Gasteiger partial charge in [-0.15, -0.1) is 11.8 Å². The highest BCUT2D eigenvalue weighted by Crippen LogP contribution is 2.15. The van der Waals surface area contributed by atoms with Gasteiger partial charge in [-0.2, -0.15) is 0 Å². The number of halogens is 1. The number of thioether (sulfide) groups is 1. The Labute approximate surface area is 154 Å². The highest BCUT2D eigenvalue weighted by molar-refractivity contribution is 9.10. The molecule has 0 aromatic heterocycles. The quantitative estimate of drug-likeness (QED) is 0.555. The monoisotopic (exact) mass is 407 g/mol. The molecule has 2 aromatic rings. The van der Waals surface area contributed by atoms with Crippen molar-refractivity contribution >= 4 is 39.6 Å². The van der Waals surface area contributed by atoms with Gasteiger partial charge in [0.15, 0.2) is 0 Å². The Bertz CT molecular complexity index is 686. The van der Waals surface area contributed by atoms with Gasteiger partial charge in [0.2, 0.25) is 0 Å². The van der Waals surface area contributed by atoms with E-state index in [0.717, 1.165) is 10.0 Å². The van der Waals surface area contributed by atoms with Crippen LogP contribution in [0.3, 0.4) is 0 Å². The summed E-state index contributed by atoms with van der Waals surface area (Å²) < 4.78 is 6.11. The van der Waals surface area contributed by atoms with Crippen molar-refractivity contribution in [3.63, 3.8) is 0 Å². The minimum absolute atomic E-state index is 0.144. The fraction of sp³-hybridized carbons (Fsp3) is 0.222. The smallest absolute Gasteiger partial charge is 0.307 e. The normalized spacial score (nSPS) is 10.2. The van der Waals surface area contributed by atoms with E-state index in [2.05, 4.69) is 21.2 Å². The van der Waals surface area contributed by atoms with Crippen LogP contribution < -0.4 is 5.32 Å².